The Kier molecular flexibility index (Phi) is 6.42. The summed E-state index contributed by atoms with van der Waals surface area (Å²) in [7, 11) is 0. The van der Waals surface area contributed by atoms with E-state index in [-0.39, 0.29) is 5.91 Å². The lowest BCUT2D eigenvalue weighted by Gasteiger charge is -2.32. The number of likely N-dealkylation sites (tertiary alicyclic amines) is 1. The van der Waals surface area contributed by atoms with Gasteiger partial charge in [-0.3, -0.25) is 4.79 Å². The van der Waals surface area contributed by atoms with E-state index in [9.17, 15) is 4.79 Å². The molecule has 1 saturated heterocycles. The monoisotopic (exact) mass is 227 g/mol. The fraction of sp³-hybridized carbons (Fsp3) is 0.917. The Hall–Kier alpha value is -0.610. The van der Waals surface area contributed by atoms with Crippen molar-refractivity contribution < 1.29 is 4.79 Å². The van der Waals surface area contributed by atoms with Crippen molar-refractivity contribution >= 4 is 5.91 Å². The summed E-state index contributed by atoms with van der Waals surface area (Å²) in [6.45, 7) is 5.83. The fourth-order valence-electron chi connectivity index (χ4n) is 2.24. The Labute approximate surface area is 98.6 Å². The first kappa shape index (κ1) is 13.5. The van der Waals surface area contributed by atoms with Crippen LogP contribution in [-0.2, 0) is 4.79 Å². The number of hydrogen-bond acceptors (Lipinski definition) is 3. The van der Waals surface area contributed by atoms with Crippen molar-refractivity contribution in [2.24, 2.45) is 5.73 Å². The molecule has 0 atom stereocenters. The highest BCUT2D eigenvalue weighted by atomic mass is 16.1. The summed E-state index contributed by atoms with van der Waals surface area (Å²) in [5, 5.41) is 3.00. The zero-order chi connectivity index (χ0) is 11.8. The van der Waals surface area contributed by atoms with E-state index in [0.717, 1.165) is 38.9 Å². The molecule has 1 heterocycles. The molecular weight excluding hydrogens is 202 g/mol. The lowest BCUT2D eigenvalue weighted by atomic mass is 10.0. The number of carbonyl (C=O) groups excluding carboxylic acids is 1. The standard InChI is InChI=1S/C12H25N3O/c1-11(16)14-12-5-9-15(10-6-12)8-4-2-3-7-13/h12H,2-10,13H2,1H3,(H,14,16). The number of amides is 1. The molecule has 1 aliphatic rings. The largest absolute Gasteiger partial charge is 0.354 e. The highest BCUT2D eigenvalue weighted by Gasteiger charge is 2.18. The summed E-state index contributed by atoms with van der Waals surface area (Å²) < 4.78 is 0. The molecule has 0 spiro atoms. The zero-order valence-electron chi connectivity index (χ0n) is 10.4. The molecule has 0 aromatic heterocycles. The van der Waals surface area contributed by atoms with Crippen LogP contribution in [0.5, 0.6) is 0 Å². The van der Waals surface area contributed by atoms with Gasteiger partial charge < -0.3 is 16.0 Å². The second-order valence-corrected chi connectivity index (χ2v) is 4.67. The van der Waals surface area contributed by atoms with E-state index >= 15 is 0 Å². The lowest BCUT2D eigenvalue weighted by Crippen LogP contribution is -2.44. The summed E-state index contributed by atoms with van der Waals surface area (Å²) in [6, 6.07) is 0.401. The molecule has 3 N–H and O–H groups in total. The third-order valence-electron chi connectivity index (χ3n) is 3.17. The molecule has 1 amide bonds. The van der Waals surface area contributed by atoms with Crippen LogP contribution in [0, 0.1) is 0 Å². The Morgan fingerprint density at radius 2 is 2.00 bits per heavy atom. The minimum absolute atomic E-state index is 0.0985. The molecule has 0 unspecified atom stereocenters. The van der Waals surface area contributed by atoms with Crippen LogP contribution in [0.1, 0.15) is 39.0 Å². The van der Waals surface area contributed by atoms with Crippen molar-refractivity contribution in [2.45, 2.75) is 45.1 Å². The first-order valence-corrected chi connectivity index (χ1v) is 6.42. The van der Waals surface area contributed by atoms with E-state index < -0.39 is 0 Å². The molecule has 0 aromatic rings. The molecule has 1 aliphatic heterocycles. The second-order valence-electron chi connectivity index (χ2n) is 4.67. The Balaban J connectivity index is 2.05. The number of hydrogen-bond donors (Lipinski definition) is 2. The Morgan fingerprint density at radius 1 is 1.31 bits per heavy atom. The number of carbonyl (C=O) groups is 1. The van der Waals surface area contributed by atoms with Gasteiger partial charge in [0.2, 0.25) is 5.91 Å². The quantitative estimate of drug-likeness (QED) is 0.657. The summed E-state index contributed by atoms with van der Waals surface area (Å²) in [6.07, 6.45) is 5.82. The van der Waals surface area contributed by atoms with E-state index in [1.54, 1.807) is 6.92 Å². The summed E-state index contributed by atoms with van der Waals surface area (Å²) in [5.41, 5.74) is 5.46. The topological polar surface area (TPSA) is 58.4 Å². The SMILES string of the molecule is CC(=O)NC1CCN(CCCCCN)CC1. The highest BCUT2D eigenvalue weighted by Crippen LogP contribution is 2.11. The highest BCUT2D eigenvalue weighted by molar-refractivity contribution is 5.73. The molecule has 0 saturated carbocycles. The number of nitrogens with one attached hydrogen (secondary N) is 1. The number of nitrogens with two attached hydrogens (primary N) is 1. The predicted molar refractivity (Wildman–Crippen MR) is 66.2 cm³/mol. The summed E-state index contributed by atoms with van der Waals surface area (Å²) in [4.78, 5) is 13.4. The molecule has 0 bridgehead atoms. The van der Waals surface area contributed by atoms with Crippen LogP contribution in [0.15, 0.2) is 0 Å². The van der Waals surface area contributed by atoms with Crippen LogP contribution in [0.3, 0.4) is 0 Å². The van der Waals surface area contributed by atoms with E-state index in [0.29, 0.717) is 6.04 Å². The number of unbranched alkanes of at least 4 members (excludes halogenated alkanes) is 2. The van der Waals surface area contributed by atoms with Gasteiger partial charge in [-0.05, 0) is 38.8 Å². The first-order chi connectivity index (χ1) is 7.72. The minimum atomic E-state index is 0.0985. The molecule has 0 aliphatic carbocycles. The number of nitrogens with zero attached hydrogens (tertiary/aromatic N) is 1. The maximum absolute atomic E-state index is 10.9. The second kappa shape index (κ2) is 7.63. The summed E-state index contributed by atoms with van der Waals surface area (Å²) >= 11 is 0. The molecule has 1 rings (SSSR count). The van der Waals surface area contributed by atoms with E-state index in [2.05, 4.69) is 10.2 Å². The van der Waals surface area contributed by atoms with Crippen LogP contribution in [0.25, 0.3) is 0 Å². The van der Waals surface area contributed by atoms with Gasteiger partial charge in [-0.1, -0.05) is 6.42 Å². The smallest absolute Gasteiger partial charge is 0.217 e. The van der Waals surface area contributed by atoms with Crippen molar-refractivity contribution in [1.82, 2.24) is 10.2 Å². The van der Waals surface area contributed by atoms with Crippen molar-refractivity contribution in [3.63, 3.8) is 0 Å². The van der Waals surface area contributed by atoms with Gasteiger partial charge in [-0.2, -0.15) is 0 Å². The number of rotatable bonds is 6. The fourth-order valence-corrected chi connectivity index (χ4v) is 2.24. The predicted octanol–water partition coefficient (Wildman–Crippen LogP) is 0.716. The van der Waals surface area contributed by atoms with E-state index in [1.807, 2.05) is 0 Å². The molecule has 16 heavy (non-hydrogen) atoms. The third-order valence-corrected chi connectivity index (χ3v) is 3.17. The van der Waals surface area contributed by atoms with Gasteiger partial charge >= 0.3 is 0 Å². The van der Waals surface area contributed by atoms with Crippen LogP contribution in [0.4, 0.5) is 0 Å². The van der Waals surface area contributed by atoms with Crippen LogP contribution < -0.4 is 11.1 Å². The molecule has 0 aromatic carbocycles. The Morgan fingerprint density at radius 3 is 2.56 bits per heavy atom. The van der Waals surface area contributed by atoms with Crippen molar-refractivity contribution in [3.05, 3.63) is 0 Å². The van der Waals surface area contributed by atoms with Gasteiger partial charge in [0.25, 0.3) is 0 Å². The minimum Gasteiger partial charge on any atom is -0.354 e. The lowest BCUT2D eigenvalue weighted by molar-refractivity contribution is -0.119. The molecule has 94 valence electrons. The first-order valence-electron chi connectivity index (χ1n) is 6.42. The number of piperidine rings is 1. The average molecular weight is 227 g/mol. The van der Waals surface area contributed by atoms with Gasteiger partial charge in [0, 0.05) is 26.1 Å². The summed E-state index contributed by atoms with van der Waals surface area (Å²) in [5.74, 6) is 0.0985. The Bertz CT molecular complexity index is 200. The average Bonchev–Trinajstić information content (AvgIpc) is 2.26. The van der Waals surface area contributed by atoms with Gasteiger partial charge in [-0.15, -0.1) is 0 Å². The normalized spacial score (nSPS) is 18.6. The molecule has 4 nitrogen and oxygen atoms in total. The van der Waals surface area contributed by atoms with E-state index in [1.165, 1.54) is 19.4 Å². The van der Waals surface area contributed by atoms with Crippen molar-refractivity contribution in [3.8, 4) is 0 Å². The van der Waals surface area contributed by atoms with Crippen LogP contribution >= 0.6 is 0 Å². The van der Waals surface area contributed by atoms with Crippen LogP contribution in [0.2, 0.25) is 0 Å². The molecule has 4 heteroatoms. The van der Waals surface area contributed by atoms with Crippen molar-refractivity contribution in [2.75, 3.05) is 26.2 Å². The molecule has 0 radical (unpaired) electrons. The van der Waals surface area contributed by atoms with Crippen LogP contribution in [-0.4, -0.2) is 43.0 Å². The van der Waals surface area contributed by atoms with Gasteiger partial charge in [0.15, 0.2) is 0 Å². The van der Waals surface area contributed by atoms with Gasteiger partial charge in [0.05, 0.1) is 0 Å². The van der Waals surface area contributed by atoms with E-state index in [4.69, 9.17) is 5.73 Å². The maximum Gasteiger partial charge on any atom is 0.217 e. The zero-order valence-corrected chi connectivity index (χ0v) is 10.4. The molecule has 1 fully saturated rings. The molecular formula is C12H25N3O. The van der Waals surface area contributed by atoms with Gasteiger partial charge in [-0.25, -0.2) is 0 Å². The van der Waals surface area contributed by atoms with Crippen molar-refractivity contribution in [1.29, 1.82) is 0 Å². The third kappa shape index (κ3) is 5.47. The van der Waals surface area contributed by atoms with Gasteiger partial charge in [0.1, 0.15) is 0 Å². The maximum atomic E-state index is 10.9.